The normalized spacial score (nSPS) is 13.4. The molecule has 0 aliphatic carbocycles. The van der Waals surface area contributed by atoms with Crippen molar-refractivity contribution in [2.24, 2.45) is 0 Å². The number of ether oxygens (including phenoxy) is 2. The van der Waals surface area contributed by atoms with Crippen molar-refractivity contribution in [1.82, 2.24) is 14.9 Å². The third-order valence-corrected chi connectivity index (χ3v) is 4.14. The molecule has 0 bridgehead atoms. The molecule has 4 rings (SSSR count). The molecule has 1 aliphatic rings. The number of aromatic amines is 1. The fraction of sp³-hybridized carbons (Fsp3) is 0.263. The summed E-state index contributed by atoms with van der Waals surface area (Å²) in [7, 11) is 1.99. The molecule has 25 heavy (non-hydrogen) atoms. The second-order valence-corrected chi connectivity index (χ2v) is 6.18. The monoisotopic (exact) mass is 337 g/mol. The van der Waals surface area contributed by atoms with E-state index in [1.54, 1.807) is 6.07 Å². The molecular weight excluding hydrogens is 318 g/mol. The molecule has 0 radical (unpaired) electrons. The van der Waals surface area contributed by atoms with Crippen molar-refractivity contribution in [3.63, 3.8) is 0 Å². The maximum atomic E-state index is 12.2. The minimum absolute atomic E-state index is 0.103. The molecule has 0 saturated carbocycles. The predicted molar refractivity (Wildman–Crippen MR) is 95.0 cm³/mol. The van der Waals surface area contributed by atoms with Crippen molar-refractivity contribution in [3.8, 4) is 11.5 Å². The van der Waals surface area contributed by atoms with Gasteiger partial charge in [-0.2, -0.15) is 0 Å². The van der Waals surface area contributed by atoms with Crippen LogP contribution >= 0.6 is 0 Å². The van der Waals surface area contributed by atoms with Crippen LogP contribution < -0.4 is 15.0 Å². The van der Waals surface area contributed by atoms with Crippen LogP contribution in [0.1, 0.15) is 11.4 Å². The van der Waals surface area contributed by atoms with Gasteiger partial charge in [0.15, 0.2) is 11.5 Å². The van der Waals surface area contributed by atoms with E-state index in [1.165, 1.54) is 0 Å². The summed E-state index contributed by atoms with van der Waals surface area (Å²) in [6, 6.07) is 13.3. The minimum atomic E-state index is -0.103. The van der Waals surface area contributed by atoms with E-state index in [9.17, 15) is 4.79 Å². The molecule has 6 nitrogen and oxygen atoms in total. The van der Waals surface area contributed by atoms with E-state index in [1.807, 2.05) is 43.4 Å². The first-order chi connectivity index (χ1) is 12.2. The Morgan fingerprint density at radius 1 is 1.08 bits per heavy atom. The van der Waals surface area contributed by atoms with Gasteiger partial charge in [-0.1, -0.05) is 18.2 Å². The molecule has 0 saturated heterocycles. The van der Waals surface area contributed by atoms with Crippen LogP contribution in [0.2, 0.25) is 0 Å². The van der Waals surface area contributed by atoms with Crippen molar-refractivity contribution < 1.29 is 9.47 Å². The molecule has 0 spiro atoms. The zero-order valence-electron chi connectivity index (χ0n) is 14.0. The lowest BCUT2D eigenvalue weighted by molar-refractivity contribution is 0.171. The molecule has 2 aromatic carbocycles. The molecule has 128 valence electrons. The van der Waals surface area contributed by atoms with Crippen molar-refractivity contribution in [2.75, 3.05) is 20.3 Å². The summed E-state index contributed by atoms with van der Waals surface area (Å²) in [4.78, 5) is 21.7. The zero-order chi connectivity index (χ0) is 17.2. The van der Waals surface area contributed by atoms with Crippen LogP contribution in [0.3, 0.4) is 0 Å². The van der Waals surface area contributed by atoms with Crippen LogP contribution in [-0.2, 0) is 13.1 Å². The van der Waals surface area contributed by atoms with Gasteiger partial charge in [-0.05, 0) is 36.9 Å². The number of nitrogens with zero attached hydrogens (tertiary/aromatic N) is 2. The van der Waals surface area contributed by atoms with Crippen LogP contribution in [0, 0.1) is 0 Å². The molecule has 0 atom stereocenters. The van der Waals surface area contributed by atoms with Gasteiger partial charge >= 0.3 is 0 Å². The maximum Gasteiger partial charge on any atom is 0.258 e. The Hall–Kier alpha value is -2.86. The molecule has 0 fully saturated rings. The molecule has 1 N–H and O–H groups in total. The SMILES string of the molecule is CN(Cc1ccc2c(c1)OCCO2)Cc1nc2ccccc2c(=O)[nH]1. The van der Waals surface area contributed by atoms with E-state index < -0.39 is 0 Å². The molecule has 0 unspecified atom stereocenters. The Morgan fingerprint density at radius 2 is 1.88 bits per heavy atom. The van der Waals surface area contributed by atoms with E-state index >= 15 is 0 Å². The average Bonchev–Trinajstić information content (AvgIpc) is 2.61. The van der Waals surface area contributed by atoms with Gasteiger partial charge in [0.25, 0.3) is 5.56 Å². The molecule has 6 heteroatoms. The topological polar surface area (TPSA) is 67.5 Å². The number of fused-ring (bicyclic) bond motifs is 2. The summed E-state index contributed by atoms with van der Waals surface area (Å²) in [5, 5.41) is 0.612. The number of rotatable bonds is 4. The van der Waals surface area contributed by atoms with Crippen molar-refractivity contribution in [1.29, 1.82) is 0 Å². The summed E-state index contributed by atoms with van der Waals surface area (Å²) in [6.07, 6.45) is 0. The molecule has 2 heterocycles. The van der Waals surface area contributed by atoms with E-state index in [4.69, 9.17) is 9.47 Å². The predicted octanol–water partition coefficient (Wildman–Crippen LogP) is 2.33. The summed E-state index contributed by atoms with van der Waals surface area (Å²) in [5.41, 5.74) is 1.73. The maximum absolute atomic E-state index is 12.2. The fourth-order valence-electron chi connectivity index (χ4n) is 3.02. The first-order valence-corrected chi connectivity index (χ1v) is 8.24. The number of hydrogen-bond acceptors (Lipinski definition) is 5. The van der Waals surface area contributed by atoms with Crippen molar-refractivity contribution >= 4 is 10.9 Å². The number of aromatic nitrogens is 2. The minimum Gasteiger partial charge on any atom is -0.486 e. The van der Waals surface area contributed by atoms with Gasteiger partial charge in [0, 0.05) is 6.54 Å². The number of nitrogens with one attached hydrogen (secondary N) is 1. The van der Waals surface area contributed by atoms with Crippen LogP contribution in [0.15, 0.2) is 47.3 Å². The molecular formula is C19H19N3O3. The third kappa shape index (κ3) is 3.34. The van der Waals surface area contributed by atoms with Gasteiger partial charge in [0.1, 0.15) is 19.0 Å². The van der Waals surface area contributed by atoms with E-state index in [0.717, 1.165) is 17.1 Å². The first kappa shape index (κ1) is 15.7. The first-order valence-electron chi connectivity index (χ1n) is 8.24. The highest BCUT2D eigenvalue weighted by Gasteiger charge is 2.13. The Bertz CT molecular complexity index is 968. The van der Waals surface area contributed by atoms with Gasteiger partial charge in [-0.25, -0.2) is 4.98 Å². The van der Waals surface area contributed by atoms with Crippen LogP contribution in [-0.4, -0.2) is 35.1 Å². The highest BCUT2D eigenvalue weighted by molar-refractivity contribution is 5.77. The Balaban J connectivity index is 1.50. The van der Waals surface area contributed by atoms with Gasteiger partial charge in [-0.15, -0.1) is 0 Å². The summed E-state index contributed by atoms with van der Waals surface area (Å²) >= 11 is 0. The molecule has 0 amide bonds. The van der Waals surface area contributed by atoms with Crippen LogP contribution in [0.25, 0.3) is 10.9 Å². The second-order valence-electron chi connectivity index (χ2n) is 6.18. The van der Waals surface area contributed by atoms with Crippen LogP contribution in [0.4, 0.5) is 0 Å². The fourth-order valence-corrected chi connectivity index (χ4v) is 3.02. The smallest absolute Gasteiger partial charge is 0.258 e. The standard InChI is InChI=1S/C19H19N3O3/c1-22(11-13-6-7-16-17(10-13)25-9-8-24-16)12-18-20-15-5-3-2-4-14(15)19(23)21-18/h2-7,10H,8-9,11-12H2,1H3,(H,20,21,23). The van der Waals surface area contributed by atoms with Gasteiger partial charge in [0.05, 0.1) is 17.4 Å². The zero-order valence-corrected chi connectivity index (χ0v) is 14.0. The lowest BCUT2D eigenvalue weighted by Gasteiger charge is -2.21. The molecule has 1 aromatic heterocycles. The van der Waals surface area contributed by atoms with Gasteiger partial charge in [-0.3, -0.25) is 9.69 Å². The van der Waals surface area contributed by atoms with E-state index in [0.29, 0.717) is 43.0 Å². The lowest BCUT2D eigenvalue weighted by Crippen LogP contribution is -2.22. The summed E-state index contributed by atoms with van der Waals surface area (Å²) in [5.74, 6) is 2.23. The highest BCUT2D eigenvalue weighted by atomic mass is 16.6. The summed E-state index contributed by atoms with van der Waals surface area (Å²) < 4.78 is 11.2. The average molecular weight is 337 g/mol. The number of benzene rings is 2. The highest BCUT2D eigenvalue weighted by Crippen LogP contribution is 2.31. The number of hydrogen-bond donors (Lipinski definition) is 1. The van der Waals surface area contributed by atoms with Gasteiger partial charge in [0.2, 0.25) is 0 Å². The Morgan fingerprint density at radius 3 is 2.76 bits per heavy atom. The largest absolute Gasteiger partial charge is 0.486 e. The Kier molecular flexibility index (Phi) is 4.11. The van der Waals surface area contributed by atoms with Gasteiger partial charge < -0.3 is 14.5 Å². The number of H-pyrrole nitrogens is 1. The summed E-state index contributed by atoms with van der Waals surface area (Å²) in [6.45, 7) is 2.43. The number of para-hydroxylation sites is 1. The molecule has 3 aromatic rings. The van der Waals surface area contributed by atoms with E-state index in [-0.39, 0.29) is 5.56 Å². The second kappa shape index (κ2) is 6.57. The lowest BCUT2D eigenvalue weighted by atomic mass is 10.2. The van der Waals surface area contributed by atoms with E-state index in [2.05, 4.69) is 14.9 Å². The Labute approximate surface area is 145 Å². The molecule has 1 aliphatic heterocycles. The van der Waals surface area contributed by atoms with Crippen molar-refractivity contribution in [2.45, 2.75) is 13.1 Å². The van der Waals surface area contributed by atoms with Crippen molar-refractivity contribution in [3.05, 3.63) is 64.2 Å². The van der Waals surface area contributed by atoms with Crippen LogP contribution in [0.5, 0.6) is 11.5 Å². The third-order valence-electron chi connectivity index (χ3n) is 4.14. The quantitative estimate of drug-likeness (QED) is 0.791.